The van der Waals surface area contributed by atoms with Gasteiger partial charge in [0, 0.05) is 31.7 Å². The van der Waals surface area contributed by atoms with Crippen molar-refractivity contribution in [1.82, 2.24) is 10.2 Å². The van der Waals surface area contributed by atoms with Crippen LogP contribution in [0.4, 0.5) is 0 Å². The van der Waals surface area contributed by atoms with Gasteiger partial charge in [-0.15, -0.1) is 0 Å². The van der Waals surface area contributed by atoms with E-state index in [1.54, 1.807) is 0 Å². The molecular formula is C20H24N2O2. The van der Waals surface area contributed by atoms with E-state index in [-0.39, 0.29) is 12.0 Å². The molecule has 0 radical (unpaired) electrons. The molecule has 4 nitrogen and oxygen atoms in total. The highest BCUT2D eigenvalue weighted by molar-refractivity contribution is 5.94. The zero-order chi connectivity index (χ0) is 16.8. The molecule has 1 saturated heterocycles. The van der Waals surface area contributed by atoms with Gasteiger partial charge in [-0.1, -0.05) is 48.0 Å². The molecule has 1 amide bonds. The van der Waals surface area contributed by atoms with E-state index in [1.165, 1.54) is 5.56 Å². The summed E-state index contributed by atoms with van der Waals surface area (Å²) in [6.07, 6.45) is 0.0388. The summed E-state index contributed by atoms with van der Waals surface area (Å²) >= 11 is 0. The van der Waals surface area contributed by atoms with Crippen molar-refractivity contribution in [3.8, 4) is 0 Å². The normalized spacial score (nSPS) is 18.3. The minimum atomic E-state index is -0.0428. The number of morpholine rings is 1. The molecule has 24 heavy (non-hydrogen) atoms. The average Bonchev–Trinajstić information content (AvgIpc) is 2.61. The van der Waals surface area contributed by atoms with Crippen LogP contribution in [0.25, 0.3) is 0 Å². The van der Waals surface area contributed by atoms with Crippen LogP contribution in [0, 0.1) is 6.92 Å². The van der Waals surface area contributed by atoms with Gasteiger partial charge in [-0.25, -0.2) is 0 Å². The van der Waals surface area contributed by atoms with Gasteiger partial charge in [0.1, 0.15) is 0 Å². The smallest absolute Gasteiger partial charge is 0.251 e. The van der Waals surface area contributed by atoms with Crippen LogP contribution in [0.3, 0.4) is 0 Å². The van der Waals surface area contributed by atoms with E-state index >= 15 is 0 Å². The van der Waals surface area contributed by atoms with Crippen molar-refractivity contribution < 1.29 is 9.53 Å². The monoisotopic (exact) mass is 324 g/mol. The van der Waals surface area contributed by atoms with Gasteiger partial charge in [0.2, 0.25) is 0 Å². The summed E-state index contributed by atoms with van der Waals surface area (Å²) in [6.45, 7) is 5.95. The van der Waals surface area contributed by atoms with Crippen LogP contribution >= 0.6 is 0 Å². The SMILES string of the molecule is Cc1ccc(C(=O)NCC2CN(Cc3ccccc3)CCO2)cc1. The summed E-state index contributed by atoms with van der Waals surface area (Å²) in [5.41, 5.74) is 3.15. The first kappa shape index (κ1) is 16.7. The molecule has 1 heterocycles. The van der Waals surface area contributed by atoms with Crippen LogP contribution in [-0.2, 0) is 11.3 Å². The molecule has 0 saturated carbocycles. The highest BCUT2D eigenvalue weighted by Gasteiger charge is 2.21. The summed E-state index contributed by atoms with van der Waals surface area (Å²) in [5.74, 6) is -0.0428. The van der Waals surface area contributed by atoms with Crippen molar-refractivity contribution in [2.75, 3.05) is 26.2 Å². The van der Waals surface area contributed by atoms with Crippen LogP contribution in [0.1, 0.15) is 21.5 Å². The Kier molecular flexibility index (Phi) is 5.62. The maximum Gasteiger partial charge on any atom is 0.251 e. The second kappa shape index (κ2) is 8.08. The first-order valence-electron chi connectivity index (χ1n) is 8.43. The summed E-state index contributed by atoms with van der Waals surface area (Å²) in [4.78, 5) is 14.6. The summed E-state index contributed by atoms with van der Waals surface area (Å²) in [7, 11) is 0. The van der Waals surface area contributed by atoms with Crippen LogP contribution in [0.2, 0.25) is 0 Å². The van der Waals surface area contributed by atoms with E-state index in [0.717, 1.165) is 25.2 Å². The molecule has 1 fully saturated rings. The van der Waals surface area contributed by atoms with E-state index in [9.17, 15) is 4.79 Å². The highest BCUT2D eigenvalue weighted by Crippen LogP contribution is 2.10. The van der Waals surface area contributed by atoms with Crippen LogP contribution in [-0.4, -0.2) is 43.2 Å². The molecule has 1 aliphatic rings. The molecule has 0 spiro atoms. The number of carbonyl (C=O) groups excluding carboxylic acids is 1. The number of nitrogens with one attached hydrogen (secondary N) is 1. The molecule has 126 valence electrons. The Balaban J connectivity index is 1.48. The van der Waals surface area contributed by atoms with Gasteiger partial charge in [-0.05, 0) is 24.6 Å². The number of carbonyl (C=O) groups is 1. The maximum absolute atomic E-state index is 12.2. The number of aryl methyl sites for hydroxylation is 1. The minimum absolute atomic E-state index is 0.0388. The van der Waals surface area contributed by atoms with E-state index < -0.39 is 0 Å². The van der Waals surface area contributed by atoms with Crippen molar-refractivity contribution in [3.05, 3.63) is 71.3 Å². The lowest BCUT2D eigenvalue weighted by atomic mass is 10.1. The molecule has 1 unspecified atom stereocenters. The van der Waals surface area contributed by atoms with Gasteiger partial charge >= 0.3 is 0 Å². The largest absolute Gasteiger partial charge is 0.374 e. The molecule has 2 aromatic rings. The molecular weight excluding hydrogens is 300 g/mol. The Morgan fingerprint density at radius 2 is 1.92 bits per heavy atom. The third-order valence-corrected chi connectivity index (χ3v) is 4.28. The van der Waals surface area contributed by atoms with Gasteiger partial charge in [-0.2, -0.15) is 0 Å². The molecule has 0 aliphatic carbocycles. The quantitative estimate of drug-likeness (QED) is 0.919. The van der Waals surface area contributed by atoms with Gasteiger partial charge in [-0.3, -0.25) is 9.69 Å². The van der Waals surface area contributed by atoms with E-state index in [4.69, 9.17) is 4.74 Å². The second-order valence-corrected chi connectivity index (χ2v) is 6.29. The maximum atomic E-state index is 12.2. The van der Waals surface area contributed by atoms with Crippen molar-refractivity contribution in [3.63, 3.8) is 0 Å². The Hall–Kier alpha value is -2.17. The Morgan fingerprint density at radius 1 is 1.17 bits per heavy atom. The topological polar surface area (TPSA) is 41.6 Å². The summed E-state index contributed by atoms with van der Waals surface area (Å²) in [6, 6.07) is 18.1. The first-order valence-corrected chi connectivity index (χ1v) is 8.43. The lowest BCUT2D eigenvalue weighted by molar-refractivity contribution is -0.0292. The molecule has 3 rings (SSSR count). The highest BCUT2D eigenvalue weighted by atomic mass is 16.5. The molecule has 1 atom stereocenters. The molecule has 1 aliphatic heterocycles. The number of ether oxygens (including phenoxy) is 1. The second-order valence-electron chi connectivity index (χ2n) is 6.29. The number of nitrogens with zero attached hydrogens (tertiary/aromatic N) is 1. The predicted molar refractivity (Wildman–Crippen MR) is 95.0 cm³/mol. The average molecular weight is 324 g/mol. The molecule has 0 bridgehead atoms. The van der Waals surface area contributed by atoms with Crippen molar-refractivity contribution in [2.24, 2.45) is 0 Å². The lowest BCUT2D eigenvalue weighted by Gasteiger charge is -2.33. The Labute approximate surface area is 143 Å². The molecule has 0 aromatic heterocycles. The van der Waals surface area contributed by atoms with E-state index in [2.05, 4.69) is 34.5 Å². The van der Waals surface area contributed by atoms with E-state index in [1.807, 2.05) is 37.3 Å². The third kappa shape index (κ3) is 4.66. The van der Waals surface area contributed by atoms with Gasteiger partial charge in [0.05, 0.1) is 12.7 Å². The van der Waals surface area contributed by atoms with Gasteiger partial charge < -0.3 is 10.1 Å². The van der Waals surface area contributed by atoms with Gasteiger partial charge in [0.25, 0.3) is 5.91 Å². The van der Waals surface area contributed by atoms with Crippen LogP contribution in [0.15, 0.2) is 54.6 Å². The number of amides is 1. The standard InChI is InChI=1S/C20H24N2O2/c1-16-7-9-18(10-8-16)20(23)21-13-19-15-22(11-12-24-19)14-17-5-3-2-4-6-17/h2-10,19H,11-15H2,1H3,(H,21,23). The fourth-order valence-corrected chi connectivity index (χ4v) is 2.90. The number of benzene rings is 2. The third-order valence-electron chi connectivity index (χ3n) is 4.28. The van der Waals surface area contributed by atoms with Crippen molar-refractivity contribution in [1.29, 1.82) is 0 Å². The van der Waals surface area contributed by atoms with Crippen molar-refractivity contribution >= 4 is 5.91 Å². The van der Waals surface area contributed by atoms with Crippen LogP contribution in [0.5, 0.6) is 0 Å². The molecule has 2 aromatic carbocycles. The first-order chi connectivity index (χ1) is 11.7. The summed E-state index contributed by atoms with van der Waals surface area (Å²) < 4.78 is 5.79. The number of rotatable bonds is 5. The Morgan fingerprint density at radius 3 is 2.67 bits per heavy atom. The lowest BCUT2D eigenvalue weighted by Crippen LogP contribution is -2.47. The molecule has 1 N–H and O–H groups in total. The van der Waals surface area contributed by atoms with E-state index in [0.29, 0.717) is 18.7 Å². The number of hydrogen-bond donors (Lipinski definition) is 1. The van der Waals surface area contributed by atoms with Crippen LogP contribution < -0.4 is 5.32 Å². The fourth-order valence-electron chi connectivity index (χ4n) is 2.90. The minimum Gasteiger partial charge on any atom is -0.374 e. The zero-order valence-electron chi connectivity index (χ0n) is 14.1. The fraction of sp³-hybridized carbons (Fsp3) is 0.350. The van der Waals surface area contributed by atoms with Crippen molar-refractivity contribution in [2.45, 2.75) is 19.6 Å². The van der Waals surface area contributed by atoms with Gasteiger partial charge in [0.15, 0.2) is 0 Å². The zero-order valence-corrected chi connectivity index (χ0v) is 14.1. The predicted octanol–water partition coefficient (Wildman–Crippen LogP) is 2.63. The summed E-state index contributed by atoms with van der Waals surface area (Å²) in [5, 5.41) is 2.98. The molecule has 4 heteroatoms. The Bertz CT molecular complexity index is 655. The number of hydrogen-bond acceptors (Lipinski definition) is 3.